The monoisotopic (exact) mass is 322 g/mol. The van der Waals surface area contributed by atoms with Crippen molar-refractivity contribution in [1.82, 2.24) is 14.5 Å². The summed E-state index contributed by atoms with van der Waals surface area (Å²) < 4.78 is 3.19. The van der Waals surface area contributed by atoms with Gasteiger partial charge >= 0.3 is 0 Å². The summed E-state index contributed by atoms with van der Waals surface area (Å²) in [5, 5.41) is 0. The Morgan fingerprint density at radius 1 is 1.21 bits per heavy atom. The third kappa shape index (κ3) is 2.77. The summed E-state index contributed by atoms with van der Waals surface area (Å²) >= 11 is 3.51. The van der Waals surface area contributed by atoms with Crippen molar-refractivity contribution in [2.24, 2.45) is 0 Å². The minimum Gasteiger partial charge on any atom is -0.369 e. The summed E-state index contributed by atoms with van der Waals surface area (Å²) in [5.41, 5.74) is 8.11. The molecule has 0 unspecified atom stereocenters. The number of nitrogens with two attached hydrogens (primary N) is 1. The predicted octanol–water partition coefficient (Wildman–Crippen LogP) is 2.87. The van der Waals surface area contributed by atoms with Crippen molar-refractivity contribution in [3.05, 3.63) is 22.7 Å². The zero-order valence-corrected chi connectivity index (χ0v) is 12.6. The predicted molar refractivity (Wildman–Crippen MR) is 82.1 cm³/mol. The molecule has 1 aromatic heterocycles. The van der Waals surface area contributed by atoms with E-state index in [0.717, 1.165) is 35.0 Å². The second-order valence-corrected chi connectivity index (χ2v) is 6.07. The zero-order chi connectivity index (χ0) is 13.2. The van der Waals surface area contributed by atoms with E-state index in [0.29, 0.717) is 5.95 Å². The topological polar surface area (TPSA) is 47.1 Å². The molecule has 1 aliphatic heterocycles. The first-order valence-corrected chi connectivity index (χ1v) is 7.67. The molecule has 1 aliphatic rings. The van der Waals surface area contributed by atoms with E-state index in [-0.39, 0.29) is 0 Å². The quantitative estimate of drug-likeness (QED) is 0.941. The summed E-state index contributed by atoms with van der Waals surface area (Å²) in [5.74, 6) is 0.620. The van der Waals surface area contributed by atoms with Gasteiger partial charge in [-0.1, -0.05) is 15.9 Å². The lowest BCUT2D eigenvalue weighted by atomic mass is 10.3. The fraction of sp³-hybridized carbons (Fsp3) is 0.500. The Balaban J connectivity index is 1.72. The van der Waals surface area contributed by atoms with Crippen molar-refractivity contribution in [2.75, 3.05) is 25.4 Å². The molecule has 102 valence electrons. The zero-order valence-electron chi connectivity index (χ0n) is 11.0. The summed E-state index contributed by atoms with van der Waals surface area (Å²) in [6.45, 7) is 4.61. The number of nitrogens with zero attached hydrogens (tertiary/aromatic N) is 3. The molecule has 1 fully saturated rings. The molecule has 2 N–H and O–H groups in total. The molecule has 0 amide bonds. The van der Waals surface area contributed by atoms with Crippen molar-refractivity contribution in [3.8, 4) is 0 Å². The van der Waals surface area contributed by atoms with Gasteiger partial charge < -0.3 is 15.2 Å². The maximum atomic E-state index is 6.02. The van der Waals surface area contributed by atoms with E-state index in [9.17, 15) is 0 Å². The molecular weight excluding hydrogens is 304 g/mol. The van der Waals surface area contributed by atoms with Crippen molar-refractivity contribution in [3.63, 3.8) is 0 Å². The normalized spacial score (nSPS) is 16.5. The number of anilines is 1. The second kappa shape index (κ2) is 5.51. The number of aryl methyl sites for hydroxylation is 1. The van der Waals surface area contributed by atoms with Crippen LogP contribution >= 0.6 is 15.9 Å². The molecule has 0 aliphatic carbocycles. The van der Waals surface area contributed by atoms with Gasteiger partial charge in [0.1, 0.15) is 0 Å². The molecule has 3 rings (SSSR count). The average molecular weight is 323 g/mol. The van der Waals surface area contributed by atoms with Crippen molar-refractivity contribution < 1.29 is 0 Å². The number of likely N-dealkylation sites (tertiary alicyclic amines) is 1. The van der Waals surface area contributed by atoms with Gasteiger partial charge in [-0.25, -0.2) is 4.98 Å². The van der Waals surface area contributed by atoms with Gasteiger partial charge in [0.2, 0.25) is 5.95 Å². The first-order valence-electron chi connectivity index (χ1n) is 6.88. The highest BCUT2D eigenvalue weighted by Gasteiger charge is 2.12. The lowest BCUT2D eigenvalue weighted by molar-refractivity contribution is 0.326. The molecule has 5 heteroatoms. The number of nitrogen functional groups attached to an aromatic ring is 1. The maximum Gasteiger partial charge on any atom is 0.201 e. The lowest BCUT2D eigenvalue weighted by Gasteiger charge is -2.14. The largest absolute Gasteiger partial charge is 0.369 e. The Morgan fingerprint density at radius 2 is 2.00 bits per heavy atom. The fourth-order valence-corrected chi connectivity index (χ4v) is 3.16. The molecule has 0 bridgehead atoms. The number of aromatic nitrogens is 2. The number of rotatable bonds is 4. The van der Waals surface area contributed by atoms with Gasteiger partial charge in [0.15, 0.2) is 0 Å². The van der Waals surface area contributed by atoms with Crippen LogP contribution in [0.2, 0.25) is 0 Å². The highest BCUT2D eigenvalue weighted by molar-refractivity contribution is 9.10. The summed E-state index contributed by atoms with van der Waals surface area (Å²) in [6, 6.07) is 6.10. The van der Waals surface area contributed by atoms with Crippen LogP contribution in [-0.4, -0.2) is 34.1 Å². The van der Waals surface area contributed by atoms with E-state index in [1.54, 1.807) is 0 Å². The van der Waals surface area contributed by atoms with Gasteiger partial charge in [-0.2, -0.15) is 0 Å². The Hall–Kier alpha value is -1.07. The molecule has 1 saturated heterocycles. The molecule has 2 heterocycles. The van der Waals surface area contributed by atoms with Gasteiger partial charge in [0, 0.05) is 11.0 Å². The highest BCUT2D eigenvalue weighted by Crippen LogP contribution is 2.22. The molecule has 0 spiro atoms. The van der Waals surface area contributed by atoms with Crippen LogP contribution < -0.4 is 5.73 Å². The van der Waals surface area contributed by atoms with E-state index in [1.807, 2.05) is 12.1 Å². The standard InChI is InChI=1S/C14H19BrN4/c15-11-4-5-12-13(10-11)19(14(16)17-12)9-3-8-18-6-1-2-7-18/h4-5,10H,1-3,6-9H2,(H2,16,17). The van der Waals surface area contributed by atoms with Crippen LogP contribution in [0, 0.1) is 0 Å². The van der Waals surface area contributed by atoms with Crippen LogP contribution in [0.3, 0.4) is 0 Å². The molecule has 4 nitrogen and oxygen atoms in total. The molecular formula is C14H19BrN4. The first kappa shape index (κ1) is 12.9. The van der Waals surface area contributed by atoms with Crippen molar-refractivity contribution in [2.45, 2.75) is 25.8 Å². The van der Waals surface area contributed by atoms with E-state index in [2.05, 4.69) is 36.4 Å². The number of imidazole rings is 1. The smallest absolute Gasteiger partial charge is 0.201 e. The fourth-order valence-electron chi connectivity index (χ4n) is 2.81. The molecule has 19 heavy (non-hydrogen) atoms. The van der Waals surface area contributed by atoms with Crippen LogP contribution in [-0.2, 0) is 6.54 Å². The number of fused-ring (bicyclic) bond motifs is 1. The Bertz CT molecular complexity index is 572. The van der Waals surface area contributed by atoms with Gasteiger partial charge in [0.25, 0.3) is 0 Å². The number of hydrogen-bond donors (Lipinski definition) is 1. The minimum absolute atomic E-state index is 0.620. The summed E-state index contributed by atoms with van der Waals surface area (Å²) in [7, 11) is 0. The van der Waals surface area contributed by atoms with Gasteiger partial charge in [-0.05, 0) is 57.1 Å². The van der Waals surface area contributed by atoms with E-state index < -0.39 is 0 Å². The van der Waals surface area contributed by atoms with Crippen LogP contribution in [0.5, 0.6) is 0 Å². The Morgan fingerprint density at radius 3 is 2.79 bits per heavy atom. The third-order valence-electron chi connectivity index (χ3n) is 3.79. The second-order valence-electron chi connectivity index (χ2n) is 5.16. The minimum atomic E-state index is 0.620. The lowest BCUT2D eigenvalue weighted by Crippen LogP contribution is -2.21. The summed E-state index contributed by atoms with van der Waals surface area (Å²) in [4.78, 5) is 6.94. The first-order chi connectivity index (χ1) is 9.24. The van der Waals surface area contributed by atoms with Crippen LogP contribution in [0.25, 0.3) is 11.0 Å². The van der Waals surface area contributed by atoms with Gasteiger partial charge in [-0.3, -0.25) is 0 Å². The third-order valence-corrected chi connectivity index (χ3v) is 4.29. The van der Waals surface area contributed by atoms with Crippen LogP contribution in [0.1, 0.15) is 19.3 Å². The highest BCUT2D eigenvalue weighted by atomic mass is 79.9. The Kier molecular flexibility index (Phi) is 3.75. The molecule has 0 saturated carbocycles. The molecule has 1 aromatic carbocycles. The van der Waals surface area contributed by atoms with Crippen LogP contribution in [0.4, 0.5) is 5.95 Å². The molecule has 0 atom stereocenters. The van der Waals surface area contributed by atoms with E-state index >= 15 is 0 Å². The molecule has 0 radical (unpaired) electrons. The van der Waals surface area contributed by atoms with Crippen molar-refractivity contribution >= 4 is 32.9 Å². The van der Waals surface area contributed by atoms with Crippen molar-refractivity contribution in [1.29, 1.82) is 0 Å². The summed E-state index contributed by atoms with van der Waals surface area (Å²) in [6.07, 6.45) is 3.83. The number of benzene rings is 1. The van der Waals surface area contributed by atoms with Crippen LogP contribution in [0.15, 0.2) is 22.7 Å². The molecule has 2 aromatic rings. The van der Waals surface area contributed by atoms with E-state index in [4.69, 9.17) is 5.73 Å². The van der Waals surface area contributed by atoms with Gasteiger partial charge in [-0.15, -0.1) is 0 Å². The average Bonchev–Trinajstić information content (AvgIpc) is 2.99. The maximum absolute atomic E-state index is 6.02. The van der Waals surface area contributed by atoms with Gasteiger partial charge in [0.05, 0.1) is 11.0 Å². The Labute approximate surface area is 121 Å². The number of halogens is 1. The number of hydrogen-bond acceptors (Lipinski definition) is 3. The SMILES string of the molecule is Nc1nc2ccc(Br)cc2n1CCCN1CCCC1. The van der Waals surface area contributed by atoms with E-state index in [1.165, 1.54) is 25.9 Å².